The molecule has 7 rings (SSSR count). The molecule has 0 radical (unpaired) electrons. The number of fused-ring (bicyclic) bond motifs is 2. The van der Waals surface area contributed by atoms with Crippen molar-refractivity contribution in [1.82, 2.24) is 34.5 Å². The maximum absolute atomic E-state index is 11.5. The van der Waals surface area contributed by atoms with Gasteiger partial charge in [-0.25, -0.2) is 19.7 Å². The lowest BCUT2D eigenvalue weighted by molar-refractivity contribution is 0.122. The topological polar surface area (TPSA) is 127 Å². The predicted octanol–water partition coefficient (Wildman–Crippen LogP) is 3.69. The third kappa shape index (κ3) is 4.44. The van der Waals surface area contributed by atoms with Crippen molar-refractivity contribution in [2.75, 3.05) is 31.2 Å². The maximum Gasteiger partial charge on any atom is 0.439 e. The molecule has 39 heavy (non-hydrogen) atoms. The Kier molecular flexibility index (Phi) is 5.67. The van der Waals surface area contributed by atoms with Crippen LogP contribution in [0.4, 0.5) is 5.82 Å². The Bertz CT molecular complexity index is 1900. The van der Waals surface area contributed by atoms with Gasteiger partial charge in [-0.05, 0) is 30.4 Å². The summed E-state index contributed by atoms with van der Waals surface area (Å²) in [6.45, 7) is 2.74. The molecule has 1 fully saturated rings. The second-order valence-electron chi connectivity index (χ2n) is 9.09. The summed E-state index contributed by atoms with van der Waals surface area (Å²) < 4.78 is 12.2. The van der Waals surface area contributed by atoms with Crippen molar-refractivity contribution in [3.8, 4) is 22.6 Å². The van der Waals surface area contributed by atoms with Crippen molar-refractivity contribution in [2.45, 2.75) is 0 Å². The first-order chi connectivity index (χ1) is 19.2. The van der Waals surface area contributed by atoms with Crippen LogP contribution in [0.5, 0.6) is 0 Å². The highest BCUT2D eigenvalue weighted by atomic mass is 16.5. The molecule has 0 spiro atoms. The maximum atomic E-state index is 11.5. The SMILES string of the molecule is O=c1[nH]c(-c2cncc(-c3cnc(N4CCOCC4)c4nc(C=Cc5ccc6ccccc6n5)cn34)c2)no1. The summed E-state index contributed by atoms with van der Waals surface area (Å²) in [5.41, 5.74) is 5.46. The van der Waals surface area contributed by atoms with Gasteiger partial charge >= 0.3 is 5.76 Å². The standard InChI is InChI=1S/C28H22N8O3/c37-28-33-25(34-39-28)20-13-19(14-29-15-20)24-16-30-26(35-9-11-38-12-10-35)27-32-22(17-36(24)27)8-7-21-6-5-18-3-1-2-4-23(18)31-21/h1-8,13-17H,9-12H2,(H,33,34,37). The summed E-state index contributed by atoms with van der Waals surface area (Å²) >= 11 is 0. The van der Waals surface area contributed by atoms with E-state index >= 15 is 0 Å². The summed E-state index contributed by atoms with van der Waals surface area (Å²) in [7, 11) is 0. The fourth-order valence-corrected chi connectivity index (χ4v) is 4.68. The number of hydrogen-bond acceptors (Lipinski definition) is 9. The Labute approximate surface area is 221 Å². The van der Waals surface area contributed by atoms with E-state index in [1.807, 2.05) is 65.3 Å². The number of rotatable bonds is 5. The van der Waals surface area contributed by atoms with Gasteiger partial charge in [0.05, 0.1) is 42.0 Å². The normalized spacial score (nSPS) is 14.1. The number of aromatic amines is 1. The summed E-state index contributed by atoms with van der Waals surface area (Å²) in [6.07, 6.45) is 11.0. The van der Waals surface area contributed by atoms with Crippen molar-refractivity contribution < 1.29 is 9.26 Å². The van der Waals surface area contributed by atoms with Gasteiger partial charge in [-0.15, -0.1) is 0 Å². The molecular formula is C28H22N8O3. The molecule has 11 nitrogen and oxygen atoms in total. The predicted molar refractivity (Wildman–Crippen MR) is 146 cm³/mol. The number of H-pyrrole nitrogens is 1. The van der Waals surface area contributed by atoms with Crippen LogP contribution in [0.15, 0.2) is 76.6 Å². The largest absolute Gasteiger partial charge is 0.439 e. The molecule has 6 aromatic rings. The zero-order valence-electron chi connectivity index (χ0n) is 20.7. The molecule has 1 saturated heterocycles. The lowest BCUT2D eigenvalue weighted by Gasteiger charge is -2.28. The quantitative estimate of drug-likeness (QED) is 0.363. The van der Waals surface area contributed by atoms with Crippen molar-refractivity contribution >= 4 is 34.5 Å². The summed E-state index contributed by atoms with van der Waals surface area (Å²) in [5, 5.41) is 4.88. The number of nitrogens with zero attached hydrogens (tertiary/aromatic N) is 7. The van der Waals surface area contributed by atoms with E-state index in [0.717, 1.165) is 58.1 Å². The van der Waals surface area contributed by atoms with Gasteiger partial charge in [-0.2, -0.15) is 0 Å². The fourth-order valence-electron chi connectivity index (χ4n) is 4.68. The van der Waals surface area contributed by atoms with Crippen LogP contribution in [0.2, 0.25) is 0 Å². The molecule has 11 heteroatoms. The van der Waals surface area contributed by atoms with E-state index in [4.69, 9.17) is 19.7 Å². The molecule has 0 bridgehead atoms. The van der Waals surface area contributed by atoms with Crippen LogP contribution in [-0.2, 0) is 4.74 Å². The molecule has 0 unspecified atom stereocenters. The van der Waals surface area contributed by atoms with Gasteiger partial charge in [-0.1, -0.05) is 29.4 Å². The van der Waals surface area contributed by atoms with E-state index in [0.29, 0.717) is 24.6 Å². The second kappa shape index (κ2) is 9.62. The van der Waals surface area contributed by atoms with E-state index in [9.17, 15) is 4.79 Å². The monoisotopic (exact) mass is 518 g/mol. The third-order valence-electron chi connectivity index (χ3n) is 6.60. The van der Waals surface area contributed by atoms with Crippen LogP contribution in [0.3, 0.4) is 0 Å². The number of anilines is 1. The van der Waals surface area contributed by atoms with Crippen LogP contribution >= 0.6 is 0 Å². The number of aromatic nitrogens is 7. The molecule has 192 valence electrons. The Balaban J connectivity index is 1.32. The van der Waals surface area contributed by atoms with Gasteiger partial charge in [0.1, 0.15) is 0 Å². The number of imidazole rings is 1. The van der Waals surface area contributed by atoms with Crippen LogP contribution < -0.4 is 10.7 Å². The van der Waals surface area contributed by atoms with E-state index < -0.39 is 5.76 Å². The smallest absolute Gasteiger partial charge is 0.378 e. The highest BCUT2D eigenvalue weighted by molar-refractivity contribution is 5.81. The average Bonchev–Trinajstić information content (AvgIpc) is 3.62. The summed E-state index contributed by atoms with van der Waals surface area (Å²) in [4.78, 5) is 35.1. The van der Waals surface area contributed by atoms with Crippen molar-refractivity contribution in [2.24, 2.45) is 0 Å². The lowest BCUT2D eigenvalue weighted by atomic mass is 10.1. The van der Waals surface area contributed by atoms with Crippen molar-refractivity contribution in [3.63, 3.8) is 0 Å². The third-order valence-corrected chi connectivity index (χ3v) is 6.60. The zero-order valence-corrected chi connectivity index (χ0v) is 20.7. The minimum absolute atomic E-state index is 0.306. The molecule has 1 N–H and O–H groups in total. The molecule has 0 aliphatic carbocycles. The van der Waals surface area contributed by atoms with E-state index in [1.54, 1.807) is 12.4 Å². The van der Waals surface area contributed by atoms with Gasteiger partial charge in [0.2, 0.25) is 0 Å². The first-order valence-corrected chi connectivity index (χ1v) is 12.5. The number of hydrogen-bond donors (Lipinski definition) is 1. The molecule has 0 saturated carbocycles. The molecule has 1 aliphatic heterocycles. The van der Waals surface area contributed by atoms with Gasteiger partial charge in [0.25, 0.3) is 0 Å². The number of ether oxygens (including phenoxy) is 1. The Hall–Kier alpha value is -5.16. The molecule has 0 amide bonds. The van der Waals surface area contributed by atoms with Crippen molar-refractivity contribution in [3.05, 3.63) is 89.2 Å². The lowest BCUT2D eigenvalue weighted by Crippen LogP contribution is -2.37. The Morgan fingerprint density at radius 2 is 1.77 bits per heavy atom. The minimum atomic E-state index is -0.624. The van der Waals surface area contributed by atoms with E-state index in [2.05, 4.69) is 30.6 Å². The number of pyridine rings is 2. The van der Waals surface area contributed by atoms with Crippen LogP contribution in [0.1, 0.15) is 11.4 Å². The Morgan fingerprint density at radius 3 is 2.64 bits per heavy atom. The summed E-state index contributed by atoms with van der Waals surface area (Å²) in [6, 6.07) is 14.0. The highest BCUT2D eigenvalue weighted by Crippen LogP contribution is 2.28. The van der Waals surface area contributed by atoms with Crippen LogP contribution in [0, 0.1) is 0 Å². The van der Waals surface area contributed by atoms with E-state index in [-0.39, 0.29) is 0 Å². The second-order valence-corrected chi connectivity index (χ2v) is 9.09. The molecule has 1 aliphatic rings. The number of para-hydroxylation sites is 1. The van der Waals surface area contributed by atoms with Gasteiger partial charge in [0, 0.05) is 48.2 Å². The minimum Gasteiger partial charge on any atom is -0.378 e. The van der Waals surface area contributed by atoms with Crippen LogP contribution in [-0.4, -0.2) is 60.8 Å². The van der Waals surface area contributed by atoms with Gasteiger partial charge < -0.3 is 9.64 Å². The fraction of sp³-hybridized carbons (Fsp3) is 0.143. The van der Waals surface area contributed by atoms with Crippen LogP contribution in [0.25, 0.3) is 51.3 Å². The molecule has 0 atom stereocenters. The first-order valence-electron chi connectivity index (χ1n) is 12.5. The van der Waals surface area contributed by atoms with Gasteiger partial charge in [0.15, 0.2) is 17.3 Å². The zero-order chi connectivity index (χ0) is 26.2. The highest BCUT2D eigenvalue weighted by Gasteiger charge is 2.20. The van der Waals surface area contributed by atoms with E-state index in [1.165, 1.54) is 0 Å². The number of benzene rings is 1. The van der Waals surface area contributed by atoms with Gasteiger partial charge in [-0.3, -0.25) is 18.9 Å². The Morgan fingerprint density at radius 1 is 0.923 bits per heavy atom. The first kappa shape index (κ1) is 23.0. The molecule has 5 aromatic heterocycles. The molecular weight excluding hydrogens is 496 g/mol. The average molecular weight is 519 g/mol. The molecule has 6 heterocycles. The summed E-state index contributed by atoms with van der Waals surface area (Å²) in [5.74, 6) is 0.470. The van der Waals surface area contributed by atoms with Crippen molar-refractivity contribution in [1.29, 1.82) is 0 Å². The number of morpholine rings is 1. The number of nitrogens with one attached hydrogen (secondary N) is 1. The molecule has 1 aromatic carbocycles.